The number of hydrogen-bond acceptors (Lipinski definition) is 5. The first-order valence-corrected chi connectivity index (χ1v) is 8.62. The van der Waals surface area contributed by atoms with Gasteiger partial charge in [-0.1, -0.05) is 0 Å². The van der Waals surface area contributed by atoms with Crippen LogP contribution in [0.2, 0.25) is 0 Å². The van der Waals surface area contributed by atoms with Gasteiger partial charge in [-0.25, -0.2) is 0 Å². The lowest BCUT2D eigenvalue weighted by molar-refractivity contribution is 0.261. The largest absolute Gasteiger partial charge is 0.319 e. The van der Waals surface area contributed by atoms with E-state index in [9.17, 15) is 8.42 Å². The maximum absolute atomic E-state index is 12.3. The Morgan fingerprint density at radius 1 is 1.38 bits per heavy atom. The van der Waals surface area contributed by atoms with Crippen molar-refractivity contribution in [1.82, 2.24) is 24.3 Å². The maximum atomic E-state index is 12.3. The number of rotatable bonds is 6. The Morgan fingerprint density at radius 3 is 2.86 bits per heavy atom. The summed E-state index contributed by atoms with van der Waals surface area (Å²) in [6.07, 6.45) is 5.19. The molecule has 0 radical (unpaired) electrons. The average Bonchev–Trinajstić information content (AvgIpc) is 2.47. The molecule has 21 heavy (non-hydrogen) atoms. The number of aromatic nitrogens is 2. The predicted octanol–water partition coefficient (Wildman–Crippen LogP) is 0.0508. The Labute approximate surface area is 126 Å². The van der Waals surface area contributed by atoms with Gasteiger partial charge in [0, 0.05) is 19.3 Å². The summed E-state index contributed by atoms with van der Waals surface area (Å²) in [5, 5.41) is 3.11. The van der Waals surface area contributed by atoms with Crippen LogP contribution in [0.3, 0.4) is 0 Å². The molecule has 1 aliphatic heterocycles. The highest BCUT2D eigenvalue weighted by molar-refractivity contribution is 7.87. The van der Waals surface area contributed by atoms with Crippen molar-refractivity contribution in [2.75, 3.05) is 26.7 Å². The molecule has 1 atom stereocenters. The van der Waals surface area contributed by atoms with E-state index in [1.165, 1.54) is 4.31 Å². The second-order valence-electron chi connectivity index (χ2n) is 5.40. The van der Waals surface area contributed by atoms with Gasteiger partial charge in [0.2, 0.25) is 0 Å². The van der Waals surface area contributed by atoms with E-state index in [0.717, 1.165) is 25.1 Å². The van der Waals surface area contributed by atoms with Crippen LogP contribution < -0.4 is 10.0 Å². The maximum Gasteiger partial charge on any atom is 0.279 e. The molecule has 0 aromatic carbocycles. The third-order valence-electron chi connectivity index (χ3n) is 3.58. The predicted molar refractivity (Wildman–Crippen MR) is 80.8 cm³/mol. The molecule has 0 saturated carbocycles. The first-order valence-electron chi connectivity index (χ1n) is 7.18. The minimum Gasteiger partial charge on any atom is -0.319 e. The van der Waals surface area contributed by atoms with Gasteiger partial charge in [-0.3, -0.25) is 9.97 Å². The summed E-state index contributed by atoms with van der Waals surface area (Å²) in [4.78, 5) is 8.26. The molecule has 1 aliphatic rings. The van der Waals surface area contributed by atoms with E-state index in [1.807, 2.05) is 14.0 Å². The van der Waals surface area contributed by atoms with E-state index in [4.69, 9.17) is 0 Å². The number of aryl methyl sites for hydroxylation is 1. The molecule has 2 heterocycles. The van der Waals surface area contributed by atoms with Crippen molar-refractivity contribution in [2.45, 2.75) is 26.3 Å². The monoisotopic (exact) mass is 313 g/mol. The smallest absolute Gasteiger partial charge is 0.279 e. The van der Waals surface area contributed by atoms with Crippen molar-refractivity contribution < 1.29 is 8.42 Å². The van der Waals surface area contributed by atoms with Crippen LogP contribution >= 0.6 is 0 Å². The molecule has 0 aliphatic carbocycles. The van der Waals surface area contributed by atoms with Crippen LogP contribution in [0, 0.1) is 12.8 Å². The van der Waals surface area contributed by atoms with Gasteiger partial charge >= 0.3 is 0 Å². The van der Waals surface area contributed by atoms with Gasteiger partial charge in [-0.15, -0.1) is 0 Å². The fraction of sp³-hybridized carbons (Fsp3) is 0.692. The SMILES string of the molecule is CNCC1CCCN(S(=O)(=O)NCc2cnc(C)cn2)C1. The van der Waals surface area contributed by atoms with Crippen LogP contribution in [0.4, 0.5) is 0 Å². The van der Waals surface area contributed by atoms with Crippen LogP contribution in [-0.4, -0.2) is 49.4 Å². The van der Waals surface area contributed by atoms with Crippen LogP contribution in [-0.2, 0) is 16.8 Å². The molecule has 1 aromatic heterocycles. The molecular weight excluding hydrogens is 290 g/mol. The van der Waals surface area contributed by atoms with Crippen molar-refractivity contribution in [3.8, 4) is 0 Å². The molecule has 118 valence electrons. The van der Waals surface area contributed by atoms with E-state index in [0.29, 0.717) is 24.7 Å². The highest BCUT2D eigenvalue weighted by atomic mass is 32.2. The molecule has 2 rings (SSSR count). The summed E-state index contributed by atoms with van der Waals surface area (Å²) >= 11 is 0. The summed E-state index contributed by atoms with van der Waals surface area (Å²) in [6, 6.07) is 0. The zero-order valence-electron chi connectivity index (χ0n) is 12.5. The lowest BCUT2D eigenvalue weighted by atomic mass is 10.00. The fourth-order valence-corrected chi connectivity index (χ4v) is 3.76. The zero-order valence-corrected chi connectivity index (χ0v) is 13.4. The third-order valence-corrected chi connectivity index (χ3v) is 5.11. The van der Waals surface area contributed by atoms with Crippen LogP contribution in [0.15, 0.2) is 12.4 Å². The summed E-state index contributed by atoms with van der Waals surface area (Å²) in [7, 11) is -1.56. The van der Waals surface area contributed by atoms with Crippen molar-refractivity contribution >= 4 is 10.2 Å². The Balaban J connectivity index is 1.93. The van der Waals surface area contributed by atoms with E-state index in [1.54, 1.807) is 12.4 Å². The minimum atomic E-state index is -3.46. The number of piperidine rings is 1. The van der Waals surface area contributed by atoms with Gasteiger partial charge in [-0.2, -0.15) is 17.4 Å². The molecule has 0 bridgehead atoms. The fourth-order valence-electron chi connectivity index (χ4n) is 2.47. The molecule has 8 heteroatoms. The highest BCUT2D eigenvalue weighted by Gasteiger charge is 2.28. The molecule has 7 nitrogen and oxygen atoms in total. The third kappa shape index (κ3) is 4.70. The minimum absolute atomic E-state index is 0.169. The Kier molecular flexibility index (Phi) is 5.63. The first kappa shape index (κ1) is 16.3. The van der Waals surface area contributed by atoms with E-state index >= 15 is 0 Å². The average molecular weight is 313 g/mol. The van der Waals surface area contributed by atoms with Crippen molar-refractivity contribution in [3.63, 3.8) is 0 Å². The molecule has 0 spiro atoms. The second-order valence-corrected chi connectivity index (χ2v) is 7.15. The summed E-state index contributed by atoms with van der Waals surface area (Å²) < 4.78 is 28.8. The first-order chi connectivity index (χ1) is 10.0. The summed E-state index contributed by atoms with van der Waals surface area (Å²) in [5.41, 5.74) is 1.43. The van der Waals surface area contributed by atoms with Crippen LogP contribution in [0.1, 0.15) is 24.2 Å². The standard InChI is InChI=1S/C13H23N5O2S/c1-11-6-16-13(8-15-11)9-17-21(19,20)18-5-3-4-12(10-18)7-14-2/h6,8,12,14,17H,3-5,7,9-10H2,1-2H3. The highest BCUT2D eigenvalue weighted by Crippen LogP contribution is 2.18. The zero-order chi connectivity index (χ0) is 15.3. The molecule has 1 aromatic rings. The lowest BCUT2D eigenvalue weighted by Gasteiger charge is -2.31. The Bertz CT molecular complexity index is 544. The summed E-state index contributed by atoms with van der Waals surface area (Å²) in [5.74, 6) is 0.375. The Morgan fingerprint density at radius 2 is 2.19 bits per heavy atom. The van der Waals surface area contributed by atoms with Crippen LogP contribution in [0.25, 0.3) is 0 Å². The quantitative estimate of drug-likeness (QED) is 0.775. The van der Waals surface area contributed by atoms with Crippen LogP contribution in [0.5, 0.6) is 0 Å². The molecule has 0 amide bonds. The summed E-state index contributed by atoms with van der Waals surface area (Å²) in [6.45, 7) is 4.00. The van der Waals surface area contributed by atoms with Gasteiger partial charge in [-0.05, 0) is 39.3 Å². The van der Waals surface area contributed by atoms with E-state index in [2.05, 4.69) is 20.0 Å². The lowest BCUT2D eigenvalue weighted by Crippen LogP contribution is -2.47. The van der Waals surface area contributed by atoms with E-state index < -0.39 is 10.2 Å². The molecule has 1 unspecified atom stereocenters. The number of hydrogen-bond donors (Lipinski definition) is 2. The van der Waals surface area contributed by atoms with Gasteiger partial charge < -0.3 is 5.32 Å². The molecular formula is C13H23N5O2S. The van der Waals surface area contributed by atoms with Gasteiger partial charge in [0.05, 0.1) is 24.1 Å². The van der Waals surface area contributed by atoms with Crippen molar-refractivity contribution in [2.24, 2.45) is 5.92 Å². The van der Waals surface area contributed by atoms with E-state index in [-0.39, 0.29) is 6.54 Å². The second kappa shape index (κ2) is 7.26. The normalized spacial score (nSPS) is 20.6. The van der Waals surface area contributed by atoms with Gasteiger partial charge in [0.25, 0.3) is 10.2 Å². The van der Waals surface area contributed by atoms with Crippen molar-refractivity contribution in [3.05, 3.63) is 23.8 Å². The Hall–Kier alpha value is -1.09. The molecule has 1 saturated heterocycles. The number of nitrogens with zero attached hydrogens (tertiary/aromatic N) is 3. The molecule has 2 N–H and O–H groups in total. The molecule has 1 fully saturated rings. The van der Waals surface area contributed by atoms with Gasteiger partial charge in [0.15, 0.2) is 0 Å². The topological polar surface area (TPSA) is 87.2 Å². The van der Waals surface area contributed by atoms with Gasteiger partial charge in [0.1, 0.15) is 0 Å². The van der Waals surface area contributed by atoms with Crippen molar-refractivity contribution in [1.29, 1.82) is 0 Å². The number of nitrogens with one attached hydrogen (secondary N) is 2.